The molecule has 1 aromatic heterocycles. The minimum atomic E-state index is -0.106. The highest BCUT2D eigenvalue weighted by Gasteiger charge is 2.21. The normalized spacial score (nSPS) is 10.6. The van der Waals surface area contributed by atoms with Crippen LogP contribution in [0, 0.1) is 0 Å². The molecule has 0 unspecified atom stereocenters. The molecule has 1 amide bonds. The fourth-order valence-electron chi connectivity index (χ4n) is 2.24. The summed E-state index contributed by atoms with van der Waals surface area (Å²) < 4.78 is 1.69. The van der Waals surface area contributed by atoms with E-state index in [2.05, 4.69) is 12.0 Å². The zero-order chi connectivity index (χ0) is 15.2. The number of carbonyl (C=O) groups excluding carboxylic acids is 1. The second-order valence-corrected chi connectivity index (χ2v) is 5.00. The van der Waals surface area contributed by atoms with E-state index in [1.54, 1.807) is 15.8 Å². The number of anilines is 1. The molecule has 2 rings (SSSR count). The second kappa shape index (κ2) is 6.92. The van der Waals surface area contributed by atoms with Crippen LogP contribution in [0.15, 0.2) is 36.5 Å². The molecule has 21 heavy (non-hydrogen) atoms. The quantitative estimate of drug-likeness (QED) is 0.887. The highest BCUT2D eigenvalue weighted by atomic mass is 16.2. The van der Waals surface area contributed by atoms with E-state index in [1.807, 2.05) is 37.3 Å². The number of hydrogen-bond acceptors (Lipinski definition) is 3. The first-order valence-electron chi connectivity index (χ1n) is 7.31. The van der Waals surface area contributed by atoms with Gasteiger partial charge in [0.25, 0.3) is 5.91 Å². The number of amides is 1. The average Bonchev–Trinajstić information content (AvgIpc) is 2.88. The predicted molar refractivity (Wildman–Crippen MR) is 83.8 cm³/mol. The Hall–Kier alpha value is -2.30. The van der Waals surface area contributed by atoms with Crippen molar-refractivity contribution in [1.29, 1.82) is 0 Å². The van der Waals surface area contributed by atoms with Gasteiger partial charge in [-0.05, 0) is 18.9 Å². The van der Waals surface area contributed by atoms with Crippen molar-refractivity contribution < 1.29 is 4.79 Å². The van der Waals surface area contributed by atoms with Crippen LogP contribution in [-0.4, -0.2) is 27.1 Å². The monoisotopic (exact) mass is 286 g/mol. The summed E-state index contributed by atoms with van der Waals surface area (Å²) in [4.78, 5) is 14.5. The van der Waals surface area contributed by atoms with Crippen LogP contribution >= 0.6 is 0 Å². The first-order chi connectivity index (χ1) is 10.2. The number of carbonyl (C=O) groups is 1. The van der Waals surface area contributed by atoms with Gasteiger partial charge < -0.3 is 10.6 Å². The summed E-state index contributed by atoms with van der Waals surface area (Å²) in [5.74, 6) is -0.106. The molecule has 0 atom stereocenters. The highest BCUT2D eigenvalue weighted by molar-refractivity contribution is 5.97. The van der Waals surface area contributed by atoms with Crippen molar-refractivity contribution in [2.75, 3.05) is 12.3 Å². The SMILES string of the molecule is CCCN(Cc1ccccc1)C(=O)c1nn(CC)cc1N. The number of nitrogens with two attached hydrogens (primary N) is 1. The molecule has 0 aliphatic carbocycles. The minimum Gasteiger partial charge on any atom is -0.396 e. The molecule has 1 heterocycles. The summed E-state index contributed by atoms with van der Waals surface area (Å²) in [7, 11) is 0. The van der Waals surface area contributed by atoms with Crippen molar-refractivity contribution in [3.8, 4) is 0 Å². The lowest BCUT2D eigenvalue weighted by atomic mass is 10.2. The number of nitrogen functional groups attached to an aromatic ring is 1. The average molecular weight is 286 g/mol. The summed E-state index contributed by atoms with van der Waals surface area (Å²) in [6, 6.07) is 9.96. The standard InChI is InChI=1S/C16H22N4O/c1-3-10-19(11-13-8-6-5-7-9-13)16(21)15-14(17)12-20(4-2)18-15/h5-9,12H,3-4,10-11,17H2,1-2H3. The van der Waals surface area contributed by atoms with Crippen LogP contribution in [0.5, 0.6) is 0 Å². The van der Waals surface area contributed by atoms with Gasteiger partial charge in [-0.1, -0.05) is 37.3 Å². The zero-order valence-electron chi connectivity index (χ0n) is 12.6. The van der Waals surface area contributed by atoms with E-state index in [-0.39, 0.29) is 5.91 Å². The van der Waals surface area contributed by atoms with E-state index in [0.717, 1.165) is 12.0 Å². The van der Waals surface area contributed by atoms with Crippen LogP contribution in [0.3, 0.4) is 0 Å². The fraction of sp³-hybridized carbons (Fsp3) is 0.375. The van der Waals surface area contributed by atoms with Gasteiger partial charge in [-0.3, -0.25) is 9.48 Å². The summed E-state index contributed by atoms with van der Waals surface area (Å²) in [6.07, 6.45) is 2.60. The van der Waals surface area contributed by atoms with Gasteiger partial charge in [-0.2, -0.15) is 5.10 Å². The maximum absolute atomic E-state index is 12.7. The van der Waals surface area contributed by atoms with Gasteiger partial charge in [0, 0.05) is 25.8 Å². The van der Waals surface area contributed by atoms with E-state index in [0.29, 0.717) is 31.0 Å². The maximum atomic E-state index is 12.7. The lowest BCUT2D eigenvalue weighted by molar-refractivity contribution is 0.0737. The van der Waals surface area contributed by atoms with Gasteiger partial charge in [0.15, 0.2) is 5.69 Å². The predicted octanol–water partition coefficient (Wildman–Crippen LogP) is 2.54. The van der Waals surface area contributed by atoms with Crippen LogP contribution in [0.4, 0.5) is 5.69 Å². The van der Waals surface area contributed by atoms with Crippen molar-refractivity contribution in [1.82, 2.24) is 14.7 Å². The summed E-state index contributed by atoms with van der Waals surface area (Å²) in [6.45, 7) is 5.98. The van der Waals surface area contributed by atoms with Gasteiger partial charge >= 0.3 is 0 Å². The van der Waals surface area contributed by atoms with Gasteiger partial charge in [-0.15, -0.1) is 0 Å². The Balaban J connectivity index is 2.20. The minimum absolute atomic E-state index is 0.106. The van der Waals surface area contributed by atoms with Crippen LogP contribution in [0.2, 0.25) is 0 Å². The molecule has 0 aliphatic heterocycles. The molecule has 0 fully saturated rings. The molecule has 5 nitrogen and oxygen atoms in total. The van der Waals surface area contributed by atoms with Gasteiger partial charge in [0.1, 0.15) is 0 Å². The van der Waals surface area contributed by atoms with Crippen molar-refractivity contribution in [2.24, 2.45) is 0 Å². The Morgan fingerprint density at radius 1 is 1.29 bits per heavy atom. The Kier molecular flexibility index (Phi) is 4.98. The van der Waals surface area contributed by atoms with E-state index in [4.69, 9.17) is 5.73 Å². The number of hydrogen-bond donors (Lipinski definition) is 1. The molecule has 1 aromatic carbocycles. The summed E-state index contributed by atoms with van der Waals surface area (Å²) >= 11 is 0. The van der Waals surface area contributed by atoms with E-state index in [9.17, 15) is 4.79 Å². The Bertz CT molecular complexity index is 592. The second-order valence-electron chi connectivity index (χ2n) is 5.00. The van der Waals surface area contributed by atoms with E-state index >= 15 is 0 Å². The Morgan fingerprint density at radius 2 is 2.00 bits per heavy atom. The van der Waals surface area contributed by atoms with Gasteiger partial charge in [0.2, 0.25) is 0 Å². The van der Waals surface area contributed by atoms with Crippen LogP contribution in [0.1, 0.15) is 36.3 Å². The van der Waals surface area contributed by atoms with Crippen molar-refractivity contribution in [2.45, 2.75) is 33.4 Å². The Labute approximate surface area is 125 Å². The maximum Gasteiger partial charge on any atom is 0.276 e. The first-order valence-corrected chi connectivity index (χ1v) is 7.31. The largest absolute Gasteiger partial charge is 0.396 e. The summed E-state index contributed by atoms with van der Waals surface area (Å²) in [5, 5.41) is 4.27. The molecular weight excluding hydrogens is 264 g/mol. The molecule has 0 saturated carbocycles. The van der Waals surface area contributed by atoms with Crippen LogP contribution in [0.25, 0.3) is 0 Å². The Morgan fingerprint density at radius 3 is 2.57 bits per heavy atom. The third-order valence-electron chi connectivity index (χ3n) is 3.31. The van der Waals surface area contributed by atoms with Crippen molar-refractivity contribution in [3.05, 3.63) is 47.8 Å². The number of aromatic nitrogens is 2. The zero-order valence-corrected chi connectivity index (χ0v) is 12.6. The van der Waals surface area contributed by atoms with Crippen molar-refractivity contribution >= 4 is 11.6 Å². The smallest absolute Gasteiger partial charge is 0.276 e. The molecule has 2 N–H and O–H groups in total. The number of nitrogens with zero attached hydrogens (tertiary/aromatic N) is 3. The van der Waals surface area contributed by atoms with Crippen molar-refractivity contribution in [3.63, 3.8) is 0 Å². The molecule has 2 aromatic rings. The molecule has 5 heteroatoms. The fourth-order valence-corrected chi connectivity index (χ4v) is 2.24. The molecule has 112 valence electrons. The molecule has 0 saturated heterocycles. The van der Waals surface area contributed by atoms with Gasteiger partial charge in [-0.25, -0.2) is 0 Å². The molecule has 0 aliphatic rings. The molecular formula is C16H22N4O. The number of aryl methyl sites for hydroxylation is 1. The summed E-state index contributed by atoms with van der Waals surface area (Å²) in [5.41, 5.74) is 7.81. The topological polar surface area (TPSA) is 64.2 Å². The van der Waals surface area contributed by atoms with E-state index in [1.165, 1.54) is 0 Å². The van der Waals surface area contributed by atoms with Crippen LogP contribution in [-0.2, 0) is 13.1 Å². The lowest BCUT2D eigenvalue weighted by Crippen LogP contribution is -2.32. The lowest BCUT2D eigenvalue weighted by Gasteiger charge is -2.21. The van der Waals surface area contributed by atoms with Crippen LogP contribution < -0.4 is 5.73 Å². The number of rotatable bonds is 6. The molecule has 0 bridgehead atoms. The highest BCUT2D eigenvalue weighted by Crippen LogP contribution is 2.15. The molecule has 0 spiro atoms. The number of benzene rings is 1. The third-order valence-corrected chi connectivity index (χ3v) is 3.31. The van der Waals surface area contributed by atoms with Gasteiger partial charge in [0.05, 0.1) is 5.69 Å². The molecule has 0 radical (unpaired) electrons. The first kappa shape index (κ1) is 15.1. The van der Waals surface area contributed by atoms with E-state index < -0.39 is 0 Å². The third kappa shape index (κ3) is 3.62.